The highest BCUT2D eigenvalue weighted by Gasteiger charge is 2.22. The number of benzene rings is 1. The fraction of sp³-hybridized carbons (Fsp3) is 0.300. The van der Waals surface area contributed by atoms with Crippen molar-refractivity contribution in [3.8, 4) is 0 Å². The molecule has 0 aliphatic carbocycles. The first-order valence-corrected chi connectivity index (χ1v) is 5.39. The van der Waals surface area contributed by atoms with Crippen molar-refractivity contribution < 1.29 is 14.5 Å². The normalized spacial score (nSPS) is 9.94. The molecule has 0 aromatic heterocycles. The summed E-state index contributed by atoms with van der Waals surface area (Å²) in [5.41, 5.74) is 0.695. The molecule has 1 rings (SSSR count). The Labute approximate surface area is 101 Å². The molecule has 0 aliphatic rings. The predicted molar refractivity (Wildman–Crippen MR) is 61.5 cm³/mol. The smallest absolute Gasteiger partial charge is 0.339 e. The number of nitro groups is 1. The van der Waals surface area contributed by atoms with Crippen molar-refractivity contribution in [1.82, 2.24) is 0 Å². The molecular weight excluding hydrogens is 278 g/mol. The van der Waals surface area contributed by atoms with E-state index in [2.05, 4.69) is 15.9 Å². The van der Waals surface area contributed by atoms with Gasteiger partial charge >= 0.3 is 5.97 Å². The van der Waals surface area contributed by atoms with E-state index in [0.717, 1.165) is 0 Å². The van der Waals surface area contributed by atoms with Gasteiger partial charge in [0.25, 0.3) is 5.69 Å². The summed E-state index contributed by atoms with van der Waals surface area (Å²) in [7, 11) is 0. The van der Waals surface area contributed by atoms with Gasteiger partial charge in [-0.05, 0) is 35.3 Å². The van der Waals surface area contributed by atoms with Gasteiger partial charge in [-0.3, -0.25) is 10.1 Å². The molecule has 0 saturated heterocycles. The number of nitro benzene ring substituents is 1. The summed E-state index contributed by atoms with van der Waals surface area (Å²) in [6.07, 6.45) is 0. The van der Waals surface area contributed by atoms with Gasteiger partial charge in [0.15, 0.2) is 0 Å². The van der Waals surface area contributed by atoms with Crippen molar-refractivity contribution in [2.45, 2.75) is 13.8 Å². The second kappa shape index (κ2) is 5.07. The number of aryl methyl sites for hydroxylation is 1. The second-order valence-electron chi connectivity index (χ2n) is 3.07. The fourth-order valence-electron chi connectivity index (χ4n) is 1.26. The topological polar surface area (TPSA) is 69.4 Å². The molecular formula is C10H10BrNO4. The Kier molecular flexibility index (Phi) is 4.00. The first-order chi connectivity index (χ1) is 7.49. The Morgan fingerprint density at radius 2 is 2.19 bits per heavy atom. The molecule has 0 N–H and O–H groups in total. The average Bonchev–Trinajstić information content (AvgIpc) is 2.17. The van der Waals surface area contributed by atoms with Gasteiger partial charge in [-0.15, -0.1) is 0 Å². The van der Waals surface area contributed by atoms with E-state index < -0.39 is 10.9 Å². The Hall–Kier alpha value is -1.43. The van der Waals surface area contributed by atoms with E-state index in [1.165, 1.54) is 12.1 Å². The van der Waals surface area contributed by atoms with Gasteiger partial charge in [-0.2, -0.15) is 0 Å². The lowest BCUT2D eigenvalue weighted by atomic mass is 10.1. The summed E-state index contributed by atoms with van der Waals surface area (Å²) in [5, 5.41) is 10.7. The Bertz CT molecular complexity index is 445. The van der Waals surface area contributed by atoms with Crippen molar-refractivity contribution in [3.63, 3.8) is 0 Å². The largest absolute Gasteiger partial charge is 0.462 e. The van der Waals surface area contributed by atoms with Crippen LogP contribution < -0.4 is 0 Å². The van der Waals surface area contributed by atoms with E-state index in [-0.39, 0.29) is 22.3 Å². The number of halogens is 1. The Morgan fingerprint density at radius 3 is 2.69 bits per heavy atom. The molecule has 1 aromatic rings. The minimum atomic E-state index is -0.560. The number of hydrogen-bond acceptors (Lipinski definition) is 4. The summed E-state index contributed by atoms with van der Waals surface area (Å²) in [5.74, 6) is -0.560. The number of nitrogens with zero attached hydrogens (tertiary/aromatic N) is 1. The lowest BCUT2D eigenvalue weighted by molar-refractivity contribution is -0.385. The van der Waals surface area contributed by atoms with Crippen molar-refractivity contribution >= 4 is 27.6 Å². The van der Waals surface area contributed by atoms with Crippen molar-refractivity contribution in [2.24, 2.45) is 0 Å². The minimum absolute atomic E-state index is 0.145. The molecule has 86 valence electrons. The van der Waals surface area contributed by atoms with Gasteiger partial charge in [0.1, 0.15) is 4.47 Å². The molecule has 5 nitrogen and oxygen atoms in total. The fourth-order valence-corrected chi connectivity index (χ4v) is 2.01. The third kappa shape index (κ3) is 2.38. The van der Waals surface area contributed by atoms with Crippen LogP contribution in [0.2, 0.25) is 0 Å². The van der Waals surface area contributed by atoms with Crippen LogP contribution in [0, 0.1) is 17.0 Å². The lowest BCUT2D eigenvalue weighted by Gasteiger charge is -2.07. The molecule has 0 amide bonds. The first kappa shape index (κ1) is 12.6. The van der Waals surface area contributed by atoms with E-state index in [0.29, 0.717) is 5.56 Å². The van der Waals surface area contributed by atoms with Gasteiger partial charge in [-0.25, -0.2) is 4.79 Å². The van der Waals surface area contributed by atoms with Crippen LogP contribution in [0.4, 0.5) is 5.69 Å². The van der Waals surface area contributed by atoms with Crippen molar-refractivity contribution in [2.75, 3.05) is 6.61 Å². The van der Waals surface area contributed by atoms with Gasteiger partial charge < -0.3 is 4.74 Å². The zero-order valence-corrected chi connectivity index (χ0v) is 10.4. The summed E-state index contributed by atoms with van der Waals surface area (Å²) >= 11 is 3.06. The maximum atomic E-state index is 11.6. The van der Waals surface area contributed by atoms with E-state index >= 15 is 0 Å². The number of carbonyl (C=O) groups excluding carboxylic acids is 1. The minimum Gasteiger partial charge on any atom is -0.462 e. The monoisotopic (exact) mass is 287 g/mol. The number of carbonyl (C=O) groups is 1. The highest BCUT2D eigenvalue weighted by Crippen LogP contribution is 2.31. The molecule has 0 atom stereocenters. The SMILES string of the molecule is CCOC(=O)c1c(C)ccc([N+](=O)[O-])c1Br. The third-order valence-corrected chi connectivity index (χ3v) is 2.81. The van der Waals surface area contributed by atoms with Crippen molar-refractivity contribution in [1.29, 1.82) is 0 Å². The molecule has 0 bridgehead atoms. The zero-order valence-electron chi connectivity index (χ0n) is 8.82. The summed E-state index contributed by atoms with van der Waals surface area (Å²) in [6.45, 7) is 3.60. The molecule has 6 heteroatoms. The van der Waals surface area contributed by atoms with E-state index in [9.17, 15) is 14.9 Å². The molecule has 0 saturated carbocycles. The number of esters is 1. The summed E-state index contributed by atoms with van der Waals surface area (Å²) in [6, 6.07) is 2.87. The summed E-state index contributed by atoms with van der Waals surface area (Å²) < 4.78 is 5.00. The van der Waals surface area contributed by atoms with Crippen LogP contribution in [0.15, 0.2) is 16.6 Å². The van der Waals surface area contributed by atoms with Gasteiger partial charge in [0, 0.05) is 6.07 Å². The predicted octanol–water partition coefficient (Wildman–Crippen LogP) is 2.84. The third-order valence-electron chi connectivity index (χ3n) is 2.01. The van der Waals surface area contributed by atoms with E-state index in [1.807, 2.05) is 0 Å². The number of hydrogen-bond donors (Lipinski definition) is 0. The van der Waals surface area contributed by atoms with E-state index in [1.54, 1.807) is 13.8 Å². The second-order valence-corrected chi connectivity index (χ2v) is 3.86. The molecule has 0 unspecified atom stereocenters. The van der Waals surface area contributed by atoms with Gasteiger partial charge in [0.05, 0.1) is 17.1 Å². The van der Waals surface area contributed by atoms with Crippen LogP contribution in [-0.2, 0) is 4.74 Å². The number of ether oxygens (including phenoxy) is 1. The van der Waals surface area contributed by atoms with Gasteiger partial charge in [-0.1, -0.05) is 6.07 Å². The molecule has 0 aliphatic heterocycles. The van der Waals surface area contributed by atoms with Crippen LogP contribution >= 0.6 is 15.9 Å². The van der Waals surface area contributed by atoms with E-state index in [4.69, 9.17) is 4.74 Å². The number of rotatable bonds is 3. The molecule has 0 fully saturated rings. The standard InChI is InChI=1S/C10H10BrNO4/c1-3-16-10(13)8-6(2)4-5-7(9(8)11)12(14)15/h4-5H,3H2,1-2H3. The molecule has 1 aromatic carbocycles. The Morgan fingerprint density at radius 1 is 1.56 bits per heavy atom. The maximum absolute atomic E-state index is 11.6. The van der Waals surface area contributed by atoms with Crippen molar-refractivity contribution in [3.05, 3.63) is 37.8 Å². The van der Waals surface area contributed by atoms with Crippen LogP contribution in [0.5, 0.6) is 0 Å². The highest BCUT2D eigenvalue weighted by molar-refractivity contribution is 9.10. The molecule has 0 heterocycles. The van der Waals surface area contributed by atoms with Crippen LogP contribution in [0.3, 0.4) is 0 Å². The molecule has 0 radical (unpaired) electrons. The van der Waals surface area contributed by atoms with Gasteiger partial charge in [0.2, 0.25) is 0 Å². The lowest BCUT2D eigenvalue weighted by Crippen LogP contribution is -2.08. The first-order valence-electron chi connectivity index (χ1n) is 4.59. The molecule has 0 spiro atoms. The molecule has 16 heavy (non-hydrogen) atoms. The Balaban J connectivity index is 3.31. The van der Waals surface area contributed by atoms with Crippen LogP contribution in [-0.4, -0.2) is 17.5 Å². The zero-order chi connectivity index (χ0) is 12.3. The maximum Gasteiger partial charge on any atom is 0.339 e. The quantitative estimate of drug-likeness (QED) is 0.487. The summed E-state index contributed by atoms with van der Waals surface area (Å²) in [4.78, 5) is 21.7. The van der Waals surface area contributed by atoms with Crippen LogP contribution in [0.1, 0.15) is 22.8 Å². The average molecular weight is 288 g/mol. The van der Waals surface area contributed by atoms with Crippen LogP contribution in [0.25, 0.3) is 0 Å². The highest BCUT2D eigenvalue weighted by atomic mass is 79.9.